The molecule has 0 unspecified atom stereocenters. The van der Waals surface area contributed by atoms with E-state index in [-0.39, 0.29) is 37.3 Å². The third-order valence-electron chi connectivity index (χ3n) is 3.61. The normalized spacial score (nSPS) is 14.4. The van der Waals surface area contributed by atoms with Crippen LogP contribution in [0.1, 0.15) is 16.8 Å². The molecule has 1 saturated heterocycles. The summed E-state index contributed by atoms with van der Waals surface area (Å²) in [5.74, 6) is -1.68. The number of carboxylic acid groups (broad SMARTS) is 1. The molecule has 1 fully saturated rings. The van der Waals surface area contributed by atoms with Crippen molar-refractivity contribution < 1.29 is 19.5 Å². The second-order valence-electron chi connectivity index (χ2n) is 5.37. The van der Waals surface area contributed by atoms with Gasteiger partial charge in [0.15, 0.2) is 5.96 Å². The zero-order valence-corrected chi connectivity index (χ0v) is 13.0. The number of nitrogens with one attached hydrogen (secondary N) is 2. The predicted molar refractivity (Wildman–Crippen MR) is 86.7 cm³/mol. The quantitative estimate of drug-likeness (QED) is 0.433. The predicted octanol–water partition coefficient (Wildman–Crippen LogP) is -0.249. The number of carbonyl (C=O) groups is 3. The van der Waals surface area contributed by atoms with E-state index in [1.165, 1.54) is 9.80 Å². The fraction of sp³-hybridized carbons (Fsp3) is 0.333. The minimum absolute atomic E-state index is 0.0636. The van der Waals surface area contributed by atoms with Crippen molar-refractivity contribution in [1.82, 2.24) is 9.80 Å². The number of nitrogens with two attached hydrogens (primary N) is 1. The summed E-state index contributed by atoms with van der Waals surface area (Å²) in [4.78, 5) is 37.9. The molecule has 0 spiro atoms. The average molecular weight is 333 g/mol. The number of nitrogens with zero attached hydrogens (tertiary/aromatic N) is 2. The van der Waals surface area contributed by atoms with Crippen LogP contribution in [0, 0.1) is 5.41 Å². The summed E-state index contributed by atoms with van der Waals surface area (Å²) in [6, 6.07) is 6.43. The molecule has 0 saturated carbocycles. The van der Waals surface area contributed by atoms with Gasteiger partial charge in [0.25, 0.3) is 5.91 Å². The number of piperazine rings is 1. The largest absolute Gasteiger partial charge is 0.481 e. The zero-order chi connectivity index (χ0) is 17.7. The Morgan fingerprint density at radius 3 is 2.46 bits per heavy atom. The van der Waals surface area contributed by atoms with E-state index in [2.05, 4.69) is 5.32 Å². The lowest BCUT2D eigenvalue weighted by Crippen LogP contribution is -2.52. The fourth-order valence-corrected chi connectivity index (χ4v) is 2.38. The van der Waals surface area contributed by atoms with E-state index >= 15 is 0 Å². The van der Waals surface area contributed by atoms with Gasteiger partial charge in [-0.05, 0) is 24.3 Å². The molecule has 1 aliphatic rings. The number of anilines is 1. The molecular formula is C15H19N5O4. The molecule has 128 valence electrons. The van der Waals surface area contributed by atoms with Crippen LogP contribution in [0.5, 0.6) is 0 Å². The number of hydrogen-bond acceptors (Lipinski definition) is 4. The topological polar surface area (TPSA) is 140 Å². The first-order valence-corrected chi connectivity index (χ1v) is 7.37. The molecule has 1 aliphatic heterocycles. The maximum atomic E-state index is 12.4. The first-order valence-electron chi connectivity index (χ1n) is 7.37. The monoisotopic (exact) mass is 333 g/mol. The average Bonchev–Trinajstić information content (AvgIpc) is 2.53. The van der Waals surface area contributed by atoms with Crippen LogP contribution in [0.3, 0.4) is 0 Å². The van der Waals surface area contributed by atoms with Crippen molar-refractivity contribution in [2.75, 3.05) is 31.5 Å². The summed E-state index contributed by atoms with van der Waals surface area (Å²) >= 11 is 0. The lowest BCUT2D eigenvalue weighted by atomic mass is 10.1. The summed E-state index contributed by atoms with van der Waals surface area (Å²) in [6.45, 7) is 0.771. The highest BCUT2D eigenvalue weighted by Crippen LogP contribution is 2.13. The van der Waals surface area contributed by atoms with Gasteiger partial charge in [0.05, 0.1) is 6.42 Å². The molecule has 0 aromatic heterocycles. The summed E-state index contributed by atoms with van der Waals surface area (Å²) in [7, 11) is 0. The summed E-state index contributed by atoms with van der Waals surface area (Å²) in [6.07, 6.45) is -0.107. The second kappa shape index (κ2) is 7.44. The van der Waals surface area contributed by atoms with Gasteiger partial charge in [-0.25, -0.2) is 0 Å². The van der Waals surface area contributed by atoms with Crippen LogP contribution in [0.4, 0.5) is 5.69 Å². The van der Waals surface area contributed by atoms with Crippen molar-refractivity contribution in [1.29, 1.82) is 5.41 Å². The number of hydrogen-bond donors (Lipinski definition) is 4. The number of carboxylic acids is 1. The molecule has 1 heterocycles. The van der Waals surface area contributed by atoms with Crippen LogP contribution in [0.2, 0.25) is 0 Å². The molecule has 1 aromatic rings. The number of aliphatic carboxylic acids is 1. The Balaban J connectivity index is 1.95. The Labute approximate surface area is 138 Å². The molecule has 0 bridgehead atoms. The molecule has 5 N–H and O–H groups in total. The van der Waals surface area contributed by atoms with Gasteiger partial charge in [-0.1, -0.05) is 0 Å². The van der Waals surface area contributed by atoms with E-state index in [0.717, 1.165) is 0 Å². The van der Waals surface area contributed by atoms with Crippen molar-refractivity contribution in [3.8, 4) is 0 Å². The molecule has 1 aromatic carbocycles. The number of amides is 2. The highest BCUT2D eigenvalue weighted by atomic mass is 16.4. The van der Waals surface area contributed by atoms with Crippen LogP contribution >= 0.6 is 0 Å². The van der Waals surface area contributed by atoms with Gasteiger partial charge in [-0.15, -0.1) is 0 Å². The Bertz CT molecular complexity index is 658. The minimum Gasteiger partial charge on any atom is -0.481 e. The molecular weight excluding hydrogens is 314 g/mol. The number of guanidine groups is 1. The summed E-state index contributed by atoms with van der Waals surface area (Å²) in [5, 5.41) is 18.4. The molecule has 9 nitrogen and oxygen atoms in total. The van der Waals surface area contributed by atoms with Gasteiger partial charge in [0, 0.05) is 30.9 Å². The van der Waals surface area contributed by atoms with E-state index in [1.54, 1.807) is 24.3 Å². The van der Waals surface area contributed by atoms with Gasteiger partial charge in [-0.2, -0.15) is 0 Å². The van der Waals surface area contributed by atoms with Crippen LogP contribution < -0.4 is 11.1 Å². The fourth-order valence-electron chi connectivity index (χ4n) is 2.38. The van der Waals surface area contributed by atoms with E-state index < -0.39 is 5.97 Å². The van der Waals surface area contributed by atoms with Gasteiger partial charge in [0.1, 0.15) is 6.54 Å². The molecule has 24 heavy (non-hydrogen) atoms. The third-order valence-corrected chi connectivity index (χ3v) is 3.61. The number of benzene rings is 1. The Hall–Kier alpha value is -3.10. The van der Waals surface area contributed by atoms with Gasteiger partial charge < -0.3 is 26.0 Å². The lowest BCUT2D eigenvalue weighted by molar-refractivity contribution is -0.139. The van der Waals surface area contributed by atoms with Crippen LogP contribution in [-0.4, -0.2) is 64.8 Å². The van der Waals surface area contributed by atoms with Crippen molar-refractivity contribution >= 4 is 29.4 Å². The van der Waals surface area contributed by atoms with Gasteiger partial charge in [-0.3, -0.25) is 19.8 Å². The van der Waals surface area contributed by atoms with Crippen LogP contribution in [0.15, 0.2) is 24.3 Å². The highest BCUT2D eigenvalue weighted by molar-refractivity contribution is 5.98. The van der Waals surface area contributed by atoms with E-state index in [4.69, 9.17) is 16.2 Å². The summed E-state index contributed by atoms with van der Waals surface area (Å²) < 4.78 is 0. The van der Waals surface area contributed by atoms with Crippen LogP contribution in [0.25, 0.3) is 0 Å². The van der Waals surface area contributed by atoms with Crippen LogP contribution in [-0.2, 0) is 9.59 Å². The van der Waals surface area contributed by atoms with Crippen molar-refractivity contribution in [3.05, 3.63) is 29.8 Å². The number of carbonyl (C=O) groups excluding carboxylic acids is 2. The van der Waals surface area contributed by atoms with Crippen molar-refractivity contribution in [3.63, 3.8) is 0 Å². The Kier molecular flexibility index (Phi) is 5.35. The Morgan fingerprint density at radius 1 is 1.25 bits per heavy atom. The maximum Gasteiger partial charge on any atom is 0.305 e. The lowest BCUT2D eigenvalue weighted by Gasteiger charge is -2.34. The maximum absolute atomic E-state index is 12.4. The SMILES string of the molecule is N=C(N)Nc1ccc(C(=O)N2CCN(CCC(=O)O)C(=O)C2)cc1. The first-order chi connectivity index (χ1) is 11.4. The van der Waals surface area contributed by atoms with Crippen molar-refractivity contribution in [2.24, 2.45) is 5.73 Å². The van der Waals surface area contributed by atoms with Gasteiger partial charge in [0.2, 0.25) is 5.91 Å². The molecule has 0 atom stereocenters. The second-order valence-corrected chi connectivity index (χ2v) is 5.37. The molecule has 0 aliphatic carbocycles. The Morgan fingerprint density at radius 2 is 1.92 bits per heavy atom. The molecule has 2 rings (SSSR count). The zero-order valence-electron chi connectivity index (χ0n) is 13.0. The molecule has 2 amide bonds. The van der Waals surface area contributed by atoms with E-state index in [9.17, 15) is 14.4 Å². The minimum atomic E-state index is -0.958. The smallest absolute Gasteiger partial charge is 0.305 e. The van der Waals surface area contributed by atoms with E-state index in [0.29, 0.717) is 24.3 Å². The standard InChI is InChI=1S/C15H19N5O4/c16-15(17)18-11-3-1-10(2-4-11)14(24)20-8-7-19(12(21)9-20)6-5-13(22)23/h1-4H,5-9H2,(H,22,23)(H4,16,17,18). The third kappa shape index (κ3) is 4.45. The van der Waals surface area contributed by atoms with E-state index in [1.807, 2.05) is 0 Å². The number of rotatable bonds is 5. The molecule has 0 radical (unpaired) electrons. The van der Waals surface area contributed by atoms with Crippen molar-refractivity contribution in [2.45, 2.75) is 6.42 Å². The highest BCUT2D eigenvalue weighted by Gasteiger charge is 2.27. The molecule has 9 heteroatoms. The first kappa shape index (κ1) is 17.3. The van der Waals surface area contributed by atoms with Gasteiger partial charge >= 0.3 is 5.97 Å². The summed E-state index contributed by atoms with van der Waals surface area (Å²) in [5.41, 5.74) is 6.25.